The summed E-state index contributed by atoms with van der Waals surface area (Å²) in [6, 6.07) is 0. The maximum Gasteiger partial charge on any atom is 0.138 e. The Kier molecular flexibility index (Phi) is 4.80. The molecule has 0 amide bonds. The molecule has 5 heteroatoms. The SMILES string of the molecule is CC(C)Cn1ncnc1CSCC(C)(C)N. The fraction of sp³-hybridized carbons (Fsp3) is 0.818. The molecule has 0 aliphatic heterocycles. The Hall–Kier alpha value is -0.550. The molecule has 0 bridgehead atoms. The van der Waals surface area contributed by atoms with Gasteiger partial charge in [0.2, 0.25) is 0 Å². The van der Waals surface area contributed by atoms with Crippen LogP contribution in [0.15, 0.2) is 6.33 Å². The van der Waals surface area contributed by atoms with Crippen molar-refractivity contribution in [2.24, 2.45) is 11.7 Å². The Morgan fingerprint density at radius 2 is 2.19 bits per heavy atom. The van der Waals surface area contributed by atoms with Crippen molar-refractivity contribution in [2.45, 2.75) is 45.5 Å². The number of nitrogens with zero attached hydrogens (tertiary/aromatic N) is 3. The van der Waals surface area contributed by atoms with Crippen molar-refractivity contribution >= 4 is 11.8 Å². The highest BCUT2D eigenvalue weighted by atomic mass is 32.2. The zero-order chi connectivity index (χ0) is 12.2. The number of hydrogen-bond acceptors (Lipinski definition) is 4. The molecule has 0 saturated heterocycles. The number of nitrogens with two attached hydrogens (primary N) is 1. The van der Waals surface area contributed by atoms with Gasteiger partial charge in [-0.1, -0.05) is 13.8 Å². The van der Waals surface area contributed by atoms with E-state index in [0.717, 1.165) is 23.9 Å². The standard InChI is InChI=1S/C11H22N4S/c1-9(2)5-15-10(13-8-14-15)6-16-7-11(3,4)12/h8-9H,5-7,12H2,1-4H3. The number of thioether (sulfide) groups is 1. The second kappa shape index (κ2) is 5.68. The summed E-state index contributed by atoms with van der Waals surface area (Å²) in [6.07, 6.45) is 1.63. The van der Waals surface area contributed by atoms with E-state index in [0.29, 0.717) is 5.92 Å². The molecular formula is C11H22N4S. The molecule has 1 aromatic rings. The van der Waals surface area contributed by atoms with Crippen LogP contribution in [-0.4, -0.2) is 26.1 Å². The van der Waals surface area contributed by atoms with Crippen molar-refractivity contribution in [3.8, 4) is 0 Å². The molecule has 0 saturated carbocycles. The van der Waals surface area contributed by atoms with Gasteiger partial charge in [-0.25, -0.2) is 9.67 Å². The van der Waals surface area contributed by atoms with Crippen molar-refractivity contribution in [1.82, 2.24) is 14.8 Å². The molecule has 0 aliphatic rings. The van der Waals surface area contributed by atoms with Crippen molar-refractivity contribution in [2.75, 3.05) is 5.75 Å². The lowest BCUT2D eigenvalue weighted by atomic mass is 10.1. The van der Waals surface area contributed by atoms with Crippen LogP contribution in [0.1, 0.15) is 33.5 Å². The first kappa shape index (κ1) is 13.5. The van der Waals surface area contributed by atoms with Gasteiger partial charge in [0.15, 0.2) is 0 Å². The summed E-state index contributed by atoms with van der Waals surface area (Å²) in [6.45, 7) is 9.38. The number of aromatic nitrogens is 3. The van der Waals surface area contributed by atoms with Crippen LogP contribution in [0.25, 0.3) is 0 Å². The Morgan fingerprint density at radius 1 is 1.50 bits per heavy atom. The monoisotopic (exact) mass is 242 g/mol. The molecule has 0 fully saturated rings. The van der Waals surface area contributed by atoms with Gasteiger partial charge >= 0.3 is 0 Å². The Bertz CT molecular complexity index is 314. The molecule has 0 radical (unpaired) electrons. The molecule has 0 spiro atoms. The third-order valence-corrected chi connectivity index (χ3v) is 3.35. The highest BCUT2D eigenvalue weighted by molar-refractivity contribution is 7.98. The summed E-state index contributed by atoms with van der Waals surface area (Å²) in [5.41, 5.74) is 5.81. The van der Waals surface area contributed by atoms with E-state index in [1.165, 1.54) is 0 Å². The quantitative estimate of drug-likeness (QED) is 0.828. The van der Waals surface area contributed by atoms with E-state index in [1.54, 1.807) is 6.33 Å². The first-order valence-corrected chi connectivity index (χ1v) is 6.77. The summed E-state index contributed by atoms with van der Waals surface area (Å²) in [7, 11) is 0. The third-order valence-electron chi connectivity index (χ3n) is 1.94. The molecule has 1 aromatic heterocycles. The summed E-state index contributed by atoms with van der Waals surface area (Å²) in [5, 5.41) is 4.23. The molecule has 4 nitrogen and oxygen atoms in total. The minimum atomic E-state index is -0.117. The second-order valence-corrected chi connectivity index (χ2v) is 6.22. The summed E-state index contributed by atoms with van der Waals surface area (Å²) < 4.78 is 1.99. The van der Waals surface area contributed by atoms with E-state index >= 15 is 0 Å². The molecular weight excluding hydrogens is 220 g/mol. The van der Waals surface area contributed by atoms with Crippen LogP contribution in [-0.2, 0) is 12.3 Å². The number of hydrogen-bond donors (Lipinski definition) is 1. The maximum absolute atomic E-state index is 5.93. The van der Waals surface area contributed by atoms with Crippen molar-refractivity contribution in [1.29, 1.82) is 0 Å². The Balaban J connectivity index is 2.45. The molecule has 16 heavy (non-hydrogen) atoms. The summed E-state index contributed by atoms with van der Waals surface area (Å²) >= 11 is 1.81. The zero-order valence-corrected chi connectivity index (χ0v) is 11.4. The van der Waals surface area contributed by atoms with Gasteiger partial charge in [-0.05, 0) is 19.8 Å². The van der Waals surface area contributed by atoms with Gasteiger partial charge in [0.1, 0.15) is 12.2 Å². The van der Waals surface area contributed by atoms with Gasteiger partial charge in [-0.3, -0.25) is 0 Å². The molecule has 2 N–H and O–H groups in total. The molecule has 92 valence electrons. The lowest BCUT2D eigenvalue weighted by Gasteiger charge is -2.17. The predicted octanol–water partition coefficient (Wildman–Crippen LogP) is 1.90. The van der Waals surface area contributed by atoms with Gasteiger partial charge in [-0.2, -0.15) is 16.9 Å². The second-order valence-electron chi connectivity index (χ2n) is 5.23. The maximum atomic E-state index is 5.93. The minimum Gasteiger partial charge on any atom is -0.325 e. The smallest absolute Gasteiger partial charge is 0.138 e. The van der Waals surface area contributed by atoms with Crippen LogP contribution in [0.4, 0.5) is 0 Å². The van der Waals surface area contributed by atoms with Gasteiger partial charge in [0.25, 0.3) is 0 Å². The zero-order valence-electron chi connectivity index (χ0n) is 10.6. The minimum absolute atomic E-state index is 0.117. The first-order chi connectivity index (χ1) is 7.38. The van der Waals surface area contributed by atoms with Crippen LogP contribution in [0.2, 0.25) is 0 Å². The van der Waals surface area contributed by atoms with Crippen molar-refractivity contribution < 1.29 is 0 Å². The molecule has 0 atom stereocenters. The van der Waals surface area contributed by atoms with E-state index in [1.807, 2.05) is 30.3 Å². The van der Waals surface area contributed by atoms with E-state index in [4.69, 9.17) is 5.73 Å². The lowest BCUT2D eigenvalue weighted by Crippen LogP contribution is -2.34. The predicted molar refractivity (Wildman–Crippen MR) is 69.3 cm³/mol. The van der Waals surface area contributed by atoms with Gasteiger partial charge < -0.3 is 5.73 Å². The highest BCUT2D eigenvalue weighted by Crippen LogP contribution is 2.15. The highest BCUT2D eigenvalue weighted by Gasteiger charge is 2.12. The van der Waals surface area contributed by atoms with Crippen LogP contribution in [0, 0.1) is 5.92 Å². The molecule has 0 aliphatic carbocycles. The van der Waals surface area contributed by atoms with Gasteiger partial charge in [-0.15, -0.1) is 0 Å². The van der Waals surface area contributed by atoms with E-state index in [9.17, 15) is 0 Å². The fourth-order valence-corrected chi connectivity index (χ4v) is 2.34. The Labute approximate surface area is 102 Å². The van der Waals surface area contributed by atoms with Crippen LogP contribution >= 0.6 is 11.8 Å². The third kappa shape index (κ3) is 4.99. The largest absolute Gasteiger partial charge is 0.325 e. The number of rotatable bonds is 6. The van der Waals surface area contributed by atoms with E-state index < -0.39 is 0 Å². The molecule has 0 aromatic carbocycles. The topological polar surface area (TPSA) is 56.7 Å². The summed E-state index contributed by atoms with van der Waals surface area (Å²) in [5.74, 6) is 3.45. The first-order valence-electron chi connectivity index (χ1n) is 5.62. The average Bonchev–Trinajstić information content (AvgIpc) is 2.49. The fourth-order valence-electron chi connectivity index (χ4n) is 1.30. The Morgan fingerprint density at radius 3 is 2.75 bits per heavy atom. The van der Waals surface area contributed by atoms with E-state index in [2.05, 4.69) is 23.9 Å². The van der Waals surface area contributed by atoms with E-state index in [-0.39, 0.29) is 5.54 Å². The van der Waals surface area contributed by atoms with Crippen LogP contribution in [0.5, 0.6) is 0 Å². The van der Waals surface area contributed by atoms with Crippen LogP contribution in [0.3, 0.4) is 0 Å². The van der Waals surface area contributed by atoms with Crippen molar-refractivity contribution in [3.05, 3.63) is 12.2 Å². The van der Waals surface area contributed by atoms with Crippen molar-refractivity contribution in [3.63, 3.8) is 0 Å². The van der Waals surface area contributed by atoms with Crippen LogP contribution < -0.4 is 5.73 Å². The lowest BCUT2D eigenvalue weighted by molar-refractivity contribution is 0.471. The van der Waals surface area contributed by atoms with Gasteiger partial charge in [0, 0.05) is 17.8 Å². The molecule has 1 rings (SSSR count). The van der Waals surface area contributed by atoms with Gasteiger partial charge in [0.05, 0.1) is 5.75 Å². The normalized spacial score (nSPS) is 12.4. The molecule has 0 unspecified atom stereocenters. The average molecular weight is 242 g/mol. The summed E-state index contributed by atoms with van der Waals surface area (Å²) in [4.78, 5) is 4.28. The molecule has 1 heterocycles.